The van der Waals surface area contributed by atoms with Crippen LogP contribution in [0.3, 0.4) is 0 Å². The Morgan fingerprint density at radius 2 is 1.89 bits per heavy atom. The van der Waals surface area contributed by atoms with Crippen LogP contribution >= 0.6 is 0 Å². The zero-order chi connectivity index (χ0) is 19.1. The van der Waals surface area contributed by atoms with Crippen LogP contribution in [0.5, 0.6) is 0 Å². The van der Waals surface area contributed by atoms with Gasteiger partial charge in [0.1, 0.15) is 0 Å². The first-order valence-electron chi connectivity index (χ1n) is 8.80. The number of benzene rings is 1. The summed E-state index contributed by atoms with van der Waals surface area (Å²) in [5.41, 5.74) is 4.62. The summed E-state index contributed by atoms with van der Waals surface area (Å²) in [4.78, 5) is 28.7. The lowest BCUT2D eigenvalue weighted by molar-refractivity contribution is -0.384. The maximum Gasteiger partial charge on any atom is 0.269 e. The van der Waals surface area contributed by atoms with Crippen LogP contribution in [0, 0.1) is 16.0 Å². The molecular formula is C19H21N5O3. The Labute approximate surface area is 157 Å². The molecule has 1 aliphatic rings. The van der Waals surface area contributed by atoms with E-state index < -0.39 is 4.92 Å². The van der Waals surface area contributed by atoms with Crippen LogP contribution in [0.15, 0.2) is 53.9 Å². The van der Waals surface area contributed by atoms with Gasteiger partial charge in [0.25, 0.3) is 5.69 Å². The van der Waals surface area contributed by atoms with E-state index in [4.69, 9.17) is 0 Å². The highest BCUT2D eigenvalue weighted by Crippen LogP contribution is 2.20. The van der Waals surface area contributed by atoms with Crippen LogP contribution < -0.4 is 5.43 Å². The van der Waals surface area contributed by atoms with Crippen molar-refractivity contribution in [3.63, 3.8) is 0 Å². The van der Waals surface area contributed by atoms with E-state index in [-0.39, 0.29) is 17.5 Å². The molecule has 0 aliphatic carbocycles. The summed E-state index contributed by atoms with van der Waals surface area (Å²) < 4.78 is 0. The van der Waals surface area contributed by atoms with Gasteiger partial charge in [0.2, 0.25) is 5.91 Å². The van der Waals surface area contributed by atoms with Crippen molar-refractivity contribution in [1.82, 2.24) is 15.3 Å². The average Bonchev–Trinajstić information content (AvgIpc) is 2.70. The Hall–Kier alpha value is -3.13. The van der Waals surface area contributed by atoms with Crippen molar-refractivity contribution in [2.75, 3.05) is 13.1 Å². The molecule has 140 valence electrons. The summed E-state index contributed by atoms with van der Waals surface area (Å²) in [7, 11) is 0. The number of aromatic nitrogens is 1. The molecule has 0 atom stereocenters. The molecule has 2 aromatic rings. The molecule has 0 bridgehead atoms. The van der Waals surface area contributed by atoms with Crippen molar-refractivity contribution in [2.45, 2.75) is 19.4 Å². The number of nitrogens with zero attached hydrogens (tertiary/aromatic N) is 4. The Morgan fingerprint density at radius 3 is 2.52 bits per heavy atom. The number of pyridine rings is 1. The molecule has 1 N–H and O–H groups in total. The molecule has 8 nitrogen and oxygen atoms in total. The van der Waals surface area contributed by atoms with Gasteiger partial charge >= 0.3 is 0 Å². The Morgan fingerprint density at radius 1 is 1.22 bits per heavy atom. The molecule has 0 radical (unpaired) electrons. The normalized spacial score (nSPS) is 15.7. The summed E-state index contributed by atoms with van der Waals surface area (Å²) in [6.45, 7) is 2.35. The van der Waals surface area contributed by atoms with E-state index in [2.05, 4.69) is 20.4 Å². The fourth-order valence-electron chi connectivity index (χ4n) is 3.05. The second-order valence-corrected chi connectivity index (χ2v) is 6.49. The van der Waals surface area contributed by atoms with E-state index in [0.717, 1.165) is 43.6 Å². The van der Waals surface area contributed by atoms with Gasteiger partial charge in [0.05, 0.1) is 11.1 Å². The van der Waals surface area contributed by atoms with Crippen LogP contribution in [-0.4, -0.2) is 40.0 Å². The highest BCUT2D eigenvalue weighted by atomic mass is 16.6. The number of hydrazone groups is 1. The quantitative estimate of drug-likeness (QED) is 0.480. The molecule has 3 rings (SSSR count). The zero-order valence-electron chi connectivity index (χ0n) is 14.8. The first-order valence-corrected chi connectivity index (χ1v) is 8.80. The molecule has 0 saturated carbocycles. The van der Waals surface area contributed by atoms with E-state index in [1.807, 2.05) is 12.1 Å². The van der Waals surface area contributed by atoms with Gasteiger partial charge in [-0.1, -0.05) is 12.1 Å². The third-order valence-electron chi connectivity index (χ3n) is 4.61. The number of hydrogen-bond acceptors (Lipinski definition) is 6. The third-order valence-corrected chi connectivity index (χ3v) is 4.61. The van der Waals surface area contributed by atoms with Crippen molar-refractivity contribution in [3.8, 4) is 0 Å². The summed E-state index contributed by atoms with van der Waals surface area (Å²) in [5, 5.41) is 14.7. The van der Waals surface area contributed by atoms with E-state index >= 15 is 0 Å². The van der Waals surface area contributed by atoms with E-state index in [0.29, 0.717) is 0 Å². The van der Waals surface area contributed by atoms with Gasteiger partial charge in [-0.05, 0) is 49.2 Å². The molecule has 1 aliphatic heterocycles. The zero-order valence-corrected chi connectivity index (χ0v) is 14.8. The number of rotatable bonds is 6. The molecule has 0 spiro atoms. The largest absolute Gasteiger partial charge is 0.299 e. The lowest BCUT2D eigenvalue weighted by Gasteiger charge is -2.30. The maximum atomic E-state index is 12.2. The minimum Gasteiger partial charge on any atom is -0.299 e. The van der Waals surface area contributed by atoms with Crippen molar-refractivity contribution >= 4 is 17.8 Å². The summed E-state index contributed by atoms with van der Waals surface area (Å²) >= 11 is 0. The van der Waals surface area contributed by atoms with Crippen molar-refractivity contribution in [2.24, 2.45) is 11.0 Å². The SMILES string of the molecule is O=C(NN=Cc1ccncc1)C1CCN(Cc2ccc([N+](=O)[O-])cc2)CC1. The fourth-order valence-corrected chi connectivity index (χ4v) is 3.05. The van der Waals surface area contributed by atoms with Crippen LogP contribution in [0.25, 0.3) is 0 Å². The Bertz CT molecular complexity index is 800. The number of carbonyl (C=O) groups is 1. The molecule has 1 saturated heterocycles. The Kier molecular flexibility index (Phi) is 6.22. The van der Waals surface area contributed by atoms with Gasteiger partial charge in [-0.25, -0.2) is 5.43 Å². The summed E-state index contributed by atoms with van der Waals surface area (Å²) in [6, 6.07) is 10.2. The number of non-ortho nitro benzene ring substituents is 1. The topological polar surface area (TPSA) is 101 Å². The number of nitro benzene ring substituents is 1. The van der Waals surface area contributed by atoms with Crippen molar-refractivity contribution < 1.29 is 9.72 Å². The monoisotopic (exact) mass is 367 g/mol. The molecular weight excluding hydrogens is 346 g/mol. The number of likely N-dealkylation sites (tertiary alicyclic amines) is 1. The van der Waals surface area contributed by atoms with Crippen molar-refractivity contribution in [1.29, 1.82) is 0 Å². The highest BCUT2D eigenvalue weighted by Gasteiger charge is 2.24. The summed E-state index contributed by atoms with van der Waals surface area (Å²) in [6.07, 6.45) is 6.48. The molecule has 1 amide bonds. The molecule has 1 fully saturated rings. The number of nitrogens with one attached hydrogen (secondary N) is 1. The molecule has 27 heavy (non-hydrogen) atoms. The smallest absolute Gasteiger partial charge is 0.269 e. The highest BCUT2D eigenvalue weighted by molar-refractivity contribution is 5.83. The predicted molar refractivity (Wildman–Crippen MR) is 101 cm³/mol. The third kappa shape index (κ3) is 5.42. The van der Waals surface area contributed by atoms with Gasteiger partial charge in [0.15, 0.2) is 0 Å². The van der Waals surface area contributed by atoms with Gasteiger partial charge < -0.3 is 0 Å². The van der Waals surface area contributed by atoms with Crippen molar-refractivity contribution in [3.05, 3.63) is 70.0 Å². The number of hydrogen-bond donors (Lipinski definition) is 1. The number of nitro groups is 1. The molecule has 1 aromatic heterocycles. The minimum atomic E-state index is -0.398. The van der Waals surface area contributed by atoms with Crippen LogP contribution in [0.1, 0.15) is 24.0 Å². The second-order valence-electron chi connectivity index (χ2n) is 6.49. The van der Waals surface area contributed by atoms with E-state index in [9.17, 15) is 14.9 Å². The predicted octanol–water partition coefficient (Wildman–Crippen LogP) is 2.35. The van der Waals surface area contributed by atoms with Gasteiger partial charge in [-0.2, -0.15) is 5.10 Å². The average molecular weight is 367 g/mol. The molecule has 1 aromatic carbocycles. The molecule has 0 unspecified atom stereocenters. The first-order chi connectivity index (χ1) is 13.1. The van der Waals surface area contributed by atoms with Gasteiger partial charge in [0, 0.05) is 37.0 Å². The fraction of sp³-hybridized carbons (Fsp3) is 0.316. The first kappa shape index (κ1) is 18.7. The van der Waals surface area contributed by atoms with Crippen LogP contribution in [-0.2, 0) is 11.3 Å². The standard InChI is InChI=1S/C19H21N5O3/c25-19(22-21-13-15-5-9-20-10-6-15)17-7-11-23(12-8-17)14-16-1-3-18(4-2-16)24(26)27/h1-6,9-10,13,17H,7-8,11-12,14H2,(H,22,25). The van der Waals surface area contributed by atoms with Crippen LogP contribution in [0.4, 0.5) is 5.69 Å². The van der Waals surface area contributed by atoms with E-state index in [1.165, 1.54) is 12.1 Å². The minimum absolute atomic E-state index is 0.0484. The lowest BCUT2D eigenvalue weighted by Crippen LogP contribution is -2.39. The number of amides is 1. The Balaban J connectivity index is 1.43. The van der Waals surface area contributed by atoms with Gasteiger partial charge in [-0.3, -0.25) is 24.8 Å². The van der Waals surface area contributed by atoms with Gasteiger partial charge in [-0.15, -0.1) is 0 Å². The molecule has 8 heteroatoms. The maximum absolute atomic E-state index is 12.2. The van der Waals surface area contributed by atoms with Crippen LogP contribution in [0.2, 0.25) is 0 Å². The van der Waals surface area contributed by atoms with E-state index in [1.54, 1.807) is 30.7 Å². The number of piperidine rings is 1. The lowest BCUT2D eigenvalue weighted by atomic mass is 9.96. The summed E-state index contributed by atoms with van der Waals surface area (Å²) in [5.74, 6) is -0.108. The number of carbonyl (C=O) groups excluding carboxylic acids is 1. The second kappa shape index (κ2) is 9.00. The molecule has 2 heterocycles.